The SMILES string of the molecule is C=NC(=NC(=NCc1ccccc1)c1ccc2ccccc2c1)c1cccc2oc3ccc(-c4ccccc4)cc3c12. The van der Waals surface area contributed by atoms with Gasteiger partial charge in [0.1, 0.15) is 11.2 Å². The van der Waals surface area contributed by atoms with Crippen LogP contribution in [0.5, 0.6) is 0 Å². The standard InChI is InChI=1S/C38H27N3O/c1-39-38(32-17-10-18-35-36(32)33-24-30(21-22-34(33)42-35)27-13-6-3-7-14-27)41-37(40-25-26-11-4-2-5-12-26)31-20-19-28-15-8-9-16-29(28)23-31/h2-24H,1,25H2. The fourth-order valence-corrected chi connectivity index (χ4v) is 5.37. The molecule has 42 heavy (non-hydrogen) atoms. The maximum atomic E-state index is 6.27. The van der Waals surface area contributed by atoms with Crippen molar-refractivity contribution in [3.05, 3.63) is 156 Å². The summed E-state index contributed by atoms with van der Waals surface area (Å²) in [6.07, 6.45) is 0. The third kappa shape index (κ3) is 4.91. The highest BCUT2D eigenvalue weighted by Crippen LogP contribution is 2.35. The van der Waals surface area contributed by atoms with Gasteiger partial charge in [-0.15, -0.1) is 0 Å². The summed E-state index contributed by atoms with van der Waals surface area (Å²) >= 11 is 0. The molecule has 0 fully saturated rings. The minimum absolute atomic E-state index is 0.494. The van der Waals surface area contributed by atoms with Gasteiger partial charge in [0.05, 0.1) is 6.54 Å². The first-order chi connectivity index (χ1) is 20.8. The van der Waals surface area contributed by atoms with E-state index in [0.29, 0.717) is 18.2 Å². The zero-order valence-electron chi connectivity index (χ0n) is 22.9. The Morgan fingerprint density at radius 1 is 0.595 bits per heavy atom. The normalized spacial score (nSPS) is 12.3. The van der Waals surface area contributed by atoms with Crippen molar-refractivity contribution in [2.45, 2.75) is 6.54 Å². The molecule has 4 nitrogen and oxygen atoms in total. The van der Waals surface area contributed by atoms with Crippen molar-refractivity contribution in [3.8, 4) is 11.1 Å². The van der Waals surface area contributed by atoms with Crippen molar-refractivity contribution >= 4 is 51.1 Å². The van der Waals surface area contributed by atoms with Crippen LogP contribution in [0.1, 0.15) is 16.7 Å². The predicted molar refractivity (Wildman–Crippen MR) is 176 cm³/mol. The lowest BCUT2D eigenvalue weighted by Crippen LogP contribution is -2.06. The van der Waals surface area contributed by atoms with Gasteiger partial charge in [-0.3, -0.25) is 4.99 Å². The maximum absolute atomic E-state index is 6.27. The van der Waals surface area contributed by atoms with Crippen LogP contribution >= 0.6 is 0 Å². The molecule has 0 spiro atoms. The fraction of sp³-hybridized carbons (Fsp3) is 0.0263. The van der Waals surface area contributed by atoms with Crippen molar-refractivity contribution in [1.82, 2.24) is 0 Å². The number of rotatable bonds is 5. The van der Waals surface area contributed by atoms with Gasteiger partial charge < -0.3 is 4.42 Å². The number of benzene rings is 6. The Balaban J connectivity index is 1.40. The van der Waals surface area contributed by atoms with E-state index in [4.69, 9.17) is 14.4 Å². The second kappa shape index (κ2) is 11.1. The highest BCUT2D eigenvalue weighted by molar-refractivity contribution is 6.22. The number of hydrogen-bond donors (Lipinski definition) is 0. The van der Waals surface area contributed by atoms with Gasteiger partial charge in [-0.25, -0.2) is 9.98 Å². The monoisotopic (exact) mass is 541 g/mol. The maximum Gasteiger partial charge on any atom is 0.161 e. The van der Waals surface area contributed by atoms with E-state index < -0.39 is 0 Å². The molecular weight excluding hydrogens is 514 g/mol. The van der Waals surface area contributed by atoms with Gasteiger partial charge in [0, 0.05) is 21.9 Å². The summed E-state index contributed by atoms with van der Waals surface area (Å²) in [4.78, 5) is 14.5. The second-order valence-electron chi connectivity index (χ2n) is 10.1. The second-order valence-corrected chi connectivity index (χ2v) is 10.1. The average molecular weight is 542 g/mol. The van der Waals surface area contributed by atoms with Crippen LogP contribution in [-0.2, 0) is 6.54 Å². The molecule has 0 bridgehead atoms. The predicted octanol–water partition coefficient (Wildman–Crippen LogP) is 9.50. The quantitative estimate of drug-likeness (QED) is 0.158. The first-order valence-electron chi connectivity index (χ1n) is 13.9. The summed E-state index contributed by atoms with van der Waals surface area (Å²) in [5.74, 6) is 1.09. The Morgan fingerprint density at radius 2 is 1.36 bits per heavy atom. The third-order valence-electron chi connectivity index (χ3n) is 7.47. The number of nitrogens with zero attached hydrogens (tertiary/aromatic N) is 3. The summed E-state index contributed by atoms with van der Waals surface area (Å²) in [7, 11) is 0. The van der Waals surface area contributed by atoms with Gasteiger partial charge in [0.15, 0.2) is 11.7 Å². The Bertz CT molecular complexity index is 2120. The number of fused-ring (bicyclic) bond motifs is 4. The van der Waals surface area contributed by atoms with Crippen LogP contribution in [0.2, 0.25) is 0 Å². The molecule has 0 saturated heterocycles. The molecule has 0 aliphatic heterocycles. The molecule has 1 heterocycles. The van der Waals surface area contributed by atoms with E-state index in [1.54, 1.807) is 0 Å². The van der Waals surface area contributed by atoms with Gasteiger partial charge in [-0.2, -0.15) is 0 Å². The van der Waals surface area contributed by atoms with E-state index in [0.717, 1.165) is 55.1 Å². The zero-order valence-corrected chi connectivity index (χ0v) is 22.9. The molecule has 0 aliphatic rings. The molecule has 7 rings (SSSR count). The van der Waals surface area contributed by atoms with Crippen LogP contribution < -0.4 is 0 Å². The molecule has 0 radical (unpaired) electrons. The highest BCUT2D eigenvalue weighted by Gasteiger charge is 2.16. The number of hydrogen-bond acceptors (Lipinski definition) is 2. The zero-order chi connectivity index (χ0) is 28.3. The number of furan rings is 1. The van der Waals surface area contributed by atoms with E-state index in [1.807, 2.05) is 72.8 Å². The van der Waals surface area contributed by atoms with E-state index >= 15 is 0 Å². The Hall–Kier alpha value is -5.61. The first kappa shape index (κ1) is 25.4. The number of aliphatic imine (C=N–C) groups is 3. The average Bonchev–Trinajstić information content (AvgIpc) is 3.44. The van der Waals surface area contributed by atoms with E-state index in [-0.39, 0.29) is 0 Å². The molecule has 0 N–H and O–H groups in total. The molecule has 4 heteroatoms. The van der Waals surface area contributed by atoms with Crippen LogP contribution in [0, 0.1) is 0 Å². The summed E-state index contributed by atoms with van der Waals surface area (Å²) in [5.41, 5.74) is 6.72. The van der Waals surface area contributed by atoms with Gasteiger partial charge in [-0.05, 0) is 58.4 Å². The highest BCUT2D eigenvalue weighted by atomic mass is 16.3. The molecule has 0 unspecified atom stereocenters. The van der Waals surface area contributed by atoms with E-state index in [1.165, 1.54) is 5.39 Å². The molecular formula is C38H27N3O. The van der Waals surface area contributed by atoms with Crippen molar-refractivity contribution in [3.63, 3.8) is 0 Å². The fourth-order valence-electron chi connectivity index (χ4n) is 5.37. The molecule has 0 aliphatic carbocycles. The van der Waals surface area contributed by atoms with Gasteiger partial charge in [-0.1, -0.05) is 115 Å². The van der Waals surface area contributed by atoms with Gasteiger partial charge >= 0.3 is 0 Å². The van der Waals surface area contributed by atoms with E-state index in [9.17, 15) is 0 Å². The smallest absolute Gasteiger partial charge is 0.161 e. The molecule has 0 atom stereocenters. The lowest BCUT2D eigenvalue weighted by atomic mass is 10.0. The summed E-state index contributed by atoms with van der Waals surface area (Å²) in [6, 6.07) is 47.4. The van der Waals surface area contributed by atoms with Gasteiger partial charge in [0.25, 0.3) is 0 Å². The minimum Gasteiger partial charge on any atom is -0.456 e. The Kier molecular flexibility index (Phi) is 6.71. The van der Waals surface area contributed by atoms with Crippen molar-refractivity contribution in [2.24, 2.45) is 15.0 Å². The molecule has 0 saturated carbocycles. The van der Waals surface area contributed by atoms with Crippen LogP contribution in [0.25, 0.3) is 43.8 Å². The molecule has 7 aromatic rings. The summed E-state index contributed by atoms with van der Waals surface area (Å²) < 4.78 is 6.27. The van der Waals surface area contributed by atoms with Gasteiger partial charge in [0.2, 0.25) is 0 Å². The number of amidine groups is 2. The topological polar surface area (TPSA) is 50.2 Å². The van der Waals surface area contributed by atoms with Crippen LogP contribution in [-0.4, -0.2) is 18.4 Å². The Morgan fingerprint density at radius 3 is 2.17 bits per heavy atom. The molecule has 1 aromatic heterocycles. The third-order valence-corrected chi connectivity index (χ3v) is 7.47. The van der Waals surface area contributed by atoms with Crippen LogP contribution in [0.3, 0.4) is 0 Å². The van der Waals surface area contributed by atoms with Crippen LogP contribution in [0.4, 0.5) is 0 Å². The van der Waals surface area contributed by atoms with E-state index in [2.05, 4.69) is 78.4 Å². The first-order valence-corrected chi connectivity index (χ1v) is 13.9. The summed E-state index contributed by atoms with van der Waals surface area (Å²) in [6.45, 7) is 4.42. The molecule has 6 aromatic carbocycles. The largest absolute Gasteiger partial charge is 0.456 e. The van der Waals surface area contributed by atoms with Crippen molar-refractivity contribution in [2.75, 3.05) is 0 Å². The summed E-state index contributed by atoms with van der Waals surface area (Å²) in [5, 5.41) is 4.25. The molecule has 0 amide bonds. The minimum atomic E-state index is 0.494. The lowest BCUT2D eigenvalue weighted by Gasteiger charge is -2.08. The molecule has 200 valence electrons. The van der Waals surface area contributed by atoms with Crippen molar-refractivity contribution in [1.29, 1.82) is 0 Å². The Labute approximate surface area is 244 Å². The lowest BCUT2D eigenvalue weighted by molar-refractivity contribution is 0.669. The van der Waals surface area contributed by atoms with Crippen LogP contribution in [0.15, 0.2) is 159 Å². The van der Waals surface area contributed by atoms with Crippen molar-refractivity contribution < 1.29 is 4.42 Å².